The van der Waals surface area contributed by atoms with E-state index in [4.69, 9.17) is 5.14 Å². The third kappa shape index (κ3) is 4.92. The van der Waals surface area contributed by atoms with Gasteiger partial charge in [0.25, 0.3) is 0 Å². The lowest BCUT2D eigenvalue weighted by molar-refractivity contribution is 0.598. The Kier molecular flexibility index (Phi) is 6.14. The van der Waals surface area contributed by atoms with Gasteiger partial charge in [0.1, 0.15) is 16.6 Å². The Bertz CT molecular complexity index is 1400. The van der Waals surface area contributed by atoms with E-state index < -0.39 is 10.0 Å². The number of hydrogen-bond acceptors (Lipinski definition) is 6. The summed E-state index contributed by atoms with van der Waals surface area (Å²) in [6.07, 6.45) is 1.55. The van der Waals surface area contributed by atoms with E-state index in [0.29, 0.717) is 16.3 Å². The van der Waals surface area contributed by atoms with Gasteiger partial charge < -0.3 is 5.32 Å². The maximum Gasteiger partial charge on any atom is 0.238 e. The van der Waals surface area contributed by atoms with Crippen LogP contribution in [0.1, 0.15) is 5.01 Å². The minimum atomic E-state index is -3.74. The van der Waals surface area contributed by atoms with E-state index in [1.54, 1.807) is 18.3 Å². The summed E-state index contributed by atoms with van der Waals surface area (Å²) in [6, 6.07) is 26.4. The molecule has 0 bridgehead atoms. The number of thiazole rings is 1. The van der Waals surface area contributed by atoms with Crippen molar-refractivity contribution in [1.29, 1.82) is 5.26 Å². The fourth-order valence-corrected chi connectivity index (χ4v) is 4.34. The number of allylic oxidation sites excluding steroid dienone is 1. The average molecular weight is 459 g/mol. The zero-order chi connectivity index (χ0) is 22.6. The van der Waals surface area contributed by atoms with E-state index in [2.05, 4.69) is 40.6 Å². The Morgan fingerprint density at radius 3 is 2.19 bits per heavy atom. The van der Waals surface area contributed by atoms with E-state index in [-0.39, 0.29) is 4.90 Å². The molecule has 0 aliphatic carbocycles. The van der Waals surface area contributed by atoms with E-state index in [1.807, 2.05) is 35.7 Å². The van der Waals surface area contributed by atoms with Crippen molar-refractivity contribution in [2.75, 3.05) is 5.32 Å². The standard InChI is InChI=1S/C24H18N4O2S2/c25-14-20(15-27-21-10-12-22(13-11-21)32(26,29)30)24-28-23(16-31-24)19-8-6-18(7-9-19)17-4-2-1-3-5-17/h1-13,15-16,27H,(H2,26,29,30). The van der Waals surface area contributed by atoms with Crippen LogP contribution < -0.4 is 10.5 Å². The van der Waals surface area contributed by atoms with E-state index in [1.165, 1.54) is 23.5 Å². The topological polar surface area (TPSA) is 109 Å². The van der Waals surface area contributed by atoms with Crippen molar-refractivity contribution in [2.45, 2.75) is 4.90 Å². The van der Waals surface area contributed by atoms with Crippen LogP contribution in [-0.2, 0) is 10.0 Å². The molecule has 0 saturated heterocycles. The molecule has 3 N–H and O–H groups in total. The van der Waals surface area contributed by atoms with Crippen molar-refractivity contribution in [1.82, 2.24) is 4.98 Å². The molecule has 4 aromatic rings. The fraction of sp³-hybridized carbons (Fsp3) is 0. The van der Waals surface area contributed by atoms with Crippen LogP contribution in [0.2, 0.25) is 0 Å². The second-order valence-electron chi connectivity index (χ2n) is 6.86. The number of hydrogen-bond donors (Lipinski definition) is 2. The predicted octanol–water partition coefficient (Wildman–Crippen LogP) is 5.10. The molecule has 158 valence electrons. The molecular formula is C24H18N4O2S2. The van der Waals surface area contributed by atoms with Crippen LogP contribution in [0, 0.1) is 11.3 Å². The summed E-state index contributed by atoms with van der Waals surface area (Å²) < 4.78 is 22.7. The molecule has 1 aromatic heterocycles. The molecule has 0 radical (unpaired) electrons. The van der Waals surface area contributed by atoms with Gasteiger partial charge >= 0.3 is 0 Å². The molecule has 0 unspecified atom stereocenters. The number of nitrogens with two attached hydrogens (primary N) is 1. The number of nitrogens with one attached hydrogen (secondary N) is 1. The van der Waals surface area contributed by atoms with Crippen LogP contribution in [0.3, 0.4) is 0 Å². The molecular weight excluding hydrogens is 440 g/mol. The first-order valence-corrected chi connectivity index (χ1v) is 12.0. The molecule has 0 aliphatic rings. The highest BCUT2D eigenvalue weighted by molar-refractivity contribution is 7.89. The zero-order valence-corrected chi connectivity index (χ0v) is 18.4. The predicted molar refractivity (Wildman–Crippen MR) is 128 cm³/mol. The molecule has 0 atom stereocenters. The Balaban J connectivity index is 1.51. The third-order valence-corrected chi connectivity index (χ3v) is 6.51. The van der Waals surface area contributed by atoms with Gasteiger partial charge in [0, 0.05) is 22.8 Å². The normalized spacial score (nSPS) is 11.7. The van der Waals surface area contributed by atoms with E-state index in [9.17, 15) is 13.7 Å². The highest BCUT2D eigenvalue weighted by Crippen LogP contribution is 2.28. The number of anilines is 1. The lowest BCUT2D eigenvalue weighted by Gasteiger charge is -2.03. The number of nitriles is 1. The van der Waals surface area contributed by atoms with Gasteiger partial charge in [0.05, 0.1) is 10.6 Å². The van der Waals surface area contributed by atoms with Crippen molar-refractivity contribution < 1.29 is 8.42 Å². The first-order chi connectivity index (χ1) is 15.4. The minimum Gasteiger partial charge on any atom is -0.360 e. The van der Waals surface area contributed by atoms with Crippen molar-refractivity contribution in [3.63, 3.8) is 0 Å². The van der Waals surface area contributed by atoms with Crippen LogP contribution in [0.4, 0.5) is 5.69 Å². The van der Waals surface area contributed by atoms with Crippen molar-refractivity contribution in [3.05, 3.63) is 95.5 Å². The maximum atomic E-state index is 11.3. The Morgan fingerprint density at radius 2 is 1.56 bits per heavy atom. The number of benzene rings is 3. The molecule has 4 rings (SSSR count). The SMILES string of the molecule is N#CC(=CNc1ccc(S(N)(=O)=O)cc1)c1nc(-c2ccc(-c3ccccc3)cc2)cs1. The van der Waals surface area contributed by atoms with Gasteiger partial charge in [0.15, 0.2) is 0 Å². The molecule has 1 heterocycles. The lowest BCUT2D eigenvalue weighted by atomic mass is 10.0. The fourth-order valence-electron chi connectivity index (χ4n) is 3.03. The zero-order valence-electron chi connectivity index (χ0n) is 16.8. The van der Waals surface area contributed by atoms with Gasteiger partial charge in [-0.1, -0.05) is 54.6 Å². The molecule has 0 fully saturated rings. The highest BCUT2D eigenvalue weighted by atomic mass is 32.2. The molecule has 32 heavy (non-hydrogen) atoms. The minimum absolute atomic E-state index is 0.0235. The first-order valence-electron chi connectivity index (χ1n) is 9.55. The van der Waals surface area contributed by atoms with Crippen LogP contribution >= 0.6 is 11.3 Å². The van der Waals surface area contributed by atoms with E-state index >= 15 is 0 Å². The van der Waals surface area contributed by atoms with Gasteiger partial charge in [-0.15, -0.1) is 11.3 Å². The smallest absolute Gasteiger partial charge is 0.238 e. The number of nitrogens with zero attached hydrogens (tertiary/aromatic N) is 2. The Morgan fingerprint density at radius 1 is 0.938 bits per heavy atom. The second-order valence-corrected chi connectivity index (χ2v) is 9.28. The van der Waals surface area contributed by atoms with Gasteiger partial charge in [0.2, 0.25) is 10.0 Å². The van der Waals surface area contributed by atoms with E-state index in [0.717, 1.165) is 22.4 Å². The molecule has 6 nitrogen and oxygen atoms in total. The van der Waals surface area contributed by atoms with Gasteiger partial charge in [-0.05, 0) is 35.4 Å². The molecule has 8 heteroatoms. The van der Waals surface area contributed by atoms with Crippen molar-refractivity contribution >= 4 is 32.6 Å². The van der Waals surface area contributed by atoms with Gasteiger partial charge in [-0.3, -0.25) is 0 Å². The van der Waals surface area contributed by atoms with Crippen LogP contribution in [0.15, 0.2) is 95.3 Å². The monoisotopic (exact) mass is 458 g/mol. The summed E-state index contributed by atoms with van der Waals surface area (Å²) in [5, 5.41) is 20.2. The van der Waals surface area contributed by atoms with Gasteiger partial charge in [-0.2, -0.15) is 5.26 Å². The quantitative estimate of drug-likeness (QED) is 0.391. The van der Waals surface area contributed by atoms with Crippen LogP contribution in [0.5, 0.6) is 0 Å². The van der Waals surface area contributed by atoms with Crippen LogP contribution in [-0.4, -0.2) is 13.4 Å². The lowest BCUT2D eigenvalue weighted by Crippen LogP contribution is -2.11. The van der Waals surface area contributed by atoms with Gasteiger partial charge in [-0.25, -0.2) is 18.5 Å². The Hall–Kier alpha value is -3.77. The number of aromatic nitrogens is 1. The Labute approximate surface area is 190 Å². The largest absolute Gasteiger partial charge is 0.360 e. The molecule has 0 aliphatic heterocycles. The third-order valence-electron chi connectivity index (χ3n) is 4.71. The molecule has 0 spiro atoms. The van der Waals surface area contributed by atoms with Crippen LogP contribution in [0.25, 0.3) is 28.0 Å². The van der Waals surface area contributed by atoms with Crippen molar-refractivity contribution in [2.24, 2.45) is 5.14 Å². The molecule has 0 saturated carbocycles. The summed E-state index contributed by atoms with van der Waals surface area (Å²) in [5.74, 6) is 0. The highest BCUT2D eigenvalue weighted by Gasteiger charge is 2.10. The van der Waals surface area contributed by atoms with Crippen molar-refractivity contribution in [3.8, 4) is 28.5 Å². The maximum absolute atomic E-state index is 11.3. The summed E-state index contributed by atoms with van der Waals surface area (Å²) >= 11 is 1.38. The summed E-state index contributed by atoms with van der Waals surface area (Å²) in [7, 11) is -3.74. The number of sulfonamides is 1. The number of primary sulfonamides is 1. The average Bonchev–Trinajstić information content (AvgIpc) is 3.30. The second kappa shape index (κ2) is 9.16. The molecule has 3 aromatic carbocycles. The summed E-state index contributed by atoms with van der Waals surface area (Å²) in [5.41, 5.74) is 5.03. The number of rotatable bonds is 6. The molecule has 0 amide bonds. The summed E-state index contributed by atoms with van der Waals surface area (Å²) in [6.45, 7) is 0. The summed E-state index contributed by atoms with van der Waals surface area (Å²) in [4.78, 5) is 4.63. The first kappa shape index (κ1) is 21.5.